The molecule has 0 aliphatic carbocycles. The fourth-order valence-corrected chi connectivity index (χ4v) is 3.29. The minimum atomic E-state index is -0.365. The van der Waals surface area contributed by atoms with Gasteiger partial charge in [0, 0.05) is 18.8 Å². The van der Waals surface area contributed by atoms with E-state index in [4.69, 9.17) is 13.9 Å². The van der Waals surface area contributed by atoms with Gasteiger partial charge < -0.3 is 24.1 Å². The standard InChI is InChI=1S/C21H17BrN2O5/c1-24(21(26)17-8-9-19(22)29-17)15-5-3-2-4-14(15)20(25)23-13-6-7-16-18(12-13)28-11-10-27-16/h2-9,12H,10-11H2,1H3,(H,23,25). The Kier molecular flexibility index (Phi) is 5.26. The number of benzene rings is 2. The summed E-state index contributed by atoms with van der Waals surface area (Å²) in [4.78, 5) is 27.0. The van der Waals surface area contributed by atoms with Crippen LogP contribution in [-0.4, -0.2) is 32.1 Å². The Balaban J connectivity index is 1.57. The zero-order chi connectivity index (χ0) is 20.4. The van der Waals surface area contributed by atoms with E-state index in [9.17, 15) is 9.59 Å². The van der Waals surface area contributed by atoms with Gasteiger partial charge in [0.25, 0.3) is 11.8 Å². The maximum Gasteiger partial charge on any atom is 0.293 e. The van der Waals surface area contributed by atoms with Gasteiger partial charge in [-0.15, -0.1) is 0 Å². The fraction of sp³-hybridized carbons (Fsp3) is 0.143. The smallest absolute Gasteiger partial charge is 0.293 e. The summed E-state index contributed by atoms with van der Waals surface area (Å²) in [7, 11) is 1.59. The molecule has 0 fully saturated rings. The molecule has 148 valence electrons. The van der Waals surface area contributed by atoms with Crippen molar-refractivity contribution in [2.45, 2.75) is 0 Å². The van der Waals surface area contributed by atoms with Gasteiger partial charge in [-0.25, -0.2) is 0 Å². The van der Waals surface area contributed by atoms with Crippen molar-refractivity contribution >= 4 is 39.1 Å². The predicted octanol–water partition coefficient (Wildman–Crippen LogP) is 4.34. The average molecular weight is 457 g/mol. The molecule has 0 saturated heterocycles. The van der Waals surface area contributed by atoms with Gasteiger partial charge in [0.1, 0.15) is 13.2 Å². The van der Waals surface area contributed by atoms with Crippen molar-refractivity contribution in [1.82, 2.24) is 0 Å². The number of anilines is 2. The van der Waals surface area contributed by atoms with E-state index in [1.165, 1.54) is 4.90 Å². The molecular weight excluding hydrogens is 440 g/mol. The number of fused-ring (bicyclic) bond motifs is 1. The summed E-state index contributed by atoms with van der Waals surface area (Å²) < 4.78 is 16.8. The minimum Gasteiger partial charge on any atom is -0.486 e. The number of nitrogens with zero attached hydrogens (tertiary/aromatic N) is 1. The molecule has 0 unspecified atom stereocenters. The predicted molar refractivity (Wildman–Crippen MR) is 111 cm³/mol. The highest BCUT2D eigenvalue weighted by Crippen LogP contribution is 2.33. The number of furan rings is 1. The Morgan fingerprint density at radius 1 is 1.00 bits per heavy atom. The molecule has 1 aliphatic rings. The van der Waals surface area contributed by atoms with E-state index in [2.05, 4.69) is 21.2 Å². The summed E-state index contributed by atoms with van der Waals surface area (Å²) >= 11 is 3.19. The van der Waals surface area contributed by atoms with Crippen LogP contribution in [0.5, 0.6) is 11.5 Å². The second kappa shape index (κ2) is 8.00. The number of halogens is 1. The number of nitrogens with one attached hydrogen (secondary N) is 1. The lowest BCUT2D eigenvalue weighted by Crippen LogP contribution is -2.28. The Hall–Kier alpha value is -3.26. The number of carbonyl (C=O) groups excluding carboxylic acids is 2. The summed E-state index contributed by atoms with van der Waals surface area (Å²) in [6.45, 7) is 0.960. The first-order valence-corrected chi connectivity index (χ1v) is 9.65. The topological polar surface area (TPSA) is 81.0 Å². The van der Waals surface area contributed by atoms with E-state index in [-0.39, 0.29) is 17.6 Å². The van der Waals surface area contributed by atoms with Gasteiger partial charge in [-0.2, -0.15) is 0 Å². The zero-order valence-corrected chi connectivity index (χ0v) is 17.1. The molecule has 8 heteroatoms. The van der Waals surface area contributed by atoms with Crippen molar-refractivity contribution in [3.05, 3.63) is 70.6 Å². The van der Waals surface area contributed by atoms with Crippen molar-refractivity contribution in [1.29, 1.82) is 0 Å². The summed E-state index contributed by atoms with van der Waals surface area (Å²) in [5.74, 6) is 0.678. The summed E-state index contributed by atoms with van der Waals surface area (Å²) in [5.41, 5.74) is 1.38. The number of para-hydroxylation sites is 1. The molecule has 2 aromatic carbocycles. The molecule has 0 spiro atoms. The van der Waals surface area contributed by atoms with Gasteiger partial charge in [0.15, 0.2) is 21.9 Å². The number of hydrogen-bond donors (Lipinski definition) is 1. The Labute approximate surface area is 175 Å². The minimum absolute atomic E-state index is 0.168. The van der Waals surface area contributed by atoms with Crippen LogP contribution in [-0.2, 0) is 0 Å². The van der Waals surface area contributed by atoms with Gasteiger partial charge in [-0.3, -0.25) is 9.59 Å². The molecule has 2 amide bonds. The highest BCUT2D eigenvalue weighted by atomic mass is 79.9. The van der Waals surface area contributed by atoms with Crippen molar-refractivity contribution in [2.75, 3.05) is 30.5 Å². The number of ether oxygens (including phenoxy) is 2. The SMILES string of the molecule is CN(C(=O)c1ccc(Br)o1)c1ccccc1C(=O)Nc1ccc2c(c1)OCCO2. The summed E-state index contributed by atoms with van der Waals surface area (Å²) in [6.07, 6.45) is 0. The molecule has 1 N–H and O–H groups in total. The molecule has 1 aliphatic heterocycles. The van der Waals surface area contributed by atoms with Gasteiger partial charge in [-0.1, -0.05) is 12.1 Å². The summed E-state index contributed by atoms with van der Waals surface area (Å²) in [6, 6.07) is 15.3. The fourth-order valence-electron chi connectivity index (χ4n) is 2.98. The van der Waals surface area contributed by atoms with Gasteiger partial charge >= 0.3 is 0 Å². The van der Waals surface area contributed by atoms with E-state index in [1.807, 2.05) is 0 Å². The number of hydrogen-bond acceptors (Lipinski definition) is 5. The first kappa shape index (κ1) is 19.1. The van der Waals surface area contributed by atoms with Crippen LogP contribution in [0.3, 0.4) is 0 Å². The monoisotopic (exact) mass is 456 g/mol. The van der Waals surface area contributed by atoms with Crippen molar-refractivity contribution in [3.63, 3.8) is 0 Å². The lowest BCUT2D eigenvalue weighted by atomic mass is 10.1. The third-order valence-electron chi connectivity index (χ3n) is 4.40. The van der Waals surface area contributed by atoms with Crippen LogP contribution >= 0.6 is 15.9 Å². The van der Waals surface area contributed by atoms with Crippen LogP contribution in [0.25, 0.3) is 0 Å². The van der Waals surface area contributed by atoms with Gasteiger partial charge in [0.05, 0.1) is 11.3 Å². The largest absolute Gasteiger partial charge is 0.486 e. The average Bonchev–Trinajstić information content (AvgIpc) is 3.19. The van der Waals surface area contributed by atoms with E-state index in [0.29, 0.717) is 46.3 Å². The number of carbonyl (C=O) groups is 2. The molecule has 0 atom stereocenters. The molecule has 0 saturated carbocycles. The Bertz CT molecular complexity index is 1080. The van der Waals surface area contributed by atoms with E-state index < -0.39 is 0 Å². The zero-order valence-electron chi connectivity index (χ0n) is 15.5. The number of amides is 2. The lowest BCUT2D eigenvalue weighted by Gasteiger charge is -2.20. The Morgan fingerprint density at radius 3 is 2.52 bits per heavy atom. The normalized spacial score (nSPS) is 12.3. The highest BCUT2D eigenvalue weighted by Gasteiger charge is 2.22. The van der Waals surface area contributed by atoms with Crippen LogP contribution in [0, 0.1) is 0 Å². The first-order valence-electron chi connectivity index (χ1n) is 8.86. The van der Waals surface area contributed by atoms with Crippen molar-refractivity contribution in [2.24, 2.45) is 0 Å². The molecular formula is C21H17BrN2O5. The molecule has 0 radical (unpaired) electrons. The van der Waals surface area contributed by atoms with Crippen molar-refractivity contribution in [3.8, 4) is 11.5 Å². The van der Waals surface area contributed by atoms with E-state index in [1.54, 1.807) is 61.6 Å². The second-order valence-electron chi connectivity index (χ2n) is 6.30. The van der Waals surface area contributed by atoms with Crippen LogP contribution < -0.4 is 19.7 Å². The maximum absolute atomic E-state index is 12.9. The third kappa shape index (κ3) is 3.97. The first-order chi connectivity index (χ1) is 14.0. The molecule has 3 aromatic rings. The number of rotatable bonds is 4. The Morgan fingerprint density at radius 2 is 1.76 bits per heavy atom. The van der Waals surface area contributed by atoms with Crippen LogP contribution in [0.15, 0.2) is 63.7 Å². The molecule has 0 bridgehead atoms. The van der Waals surface area contributed by atoms with E-state index >= 15 is 0 Å². The molecule has 2 heterocycles. The highest BCUT2D eigenvalue weighted by molar-refractivity contribution is 9.10. The van der Waals surface area contributed by atoms with Crippen LogP contribution in [0.2, 0.25) is 0 Å². The lowest BCUT2D eigenvalue weighted by molar-refractivity contribution is 0.0965. The quantitative estimate of drug-likeness (QED) is 0.631. The summed E-state index contributed by atoms with van der Waals surface area (Å²) in [5, 5.41) is 2.84. The van der Waals surface area contributed by atoms with Crippen LogP contribution in [0.4, 0.5) is 11.4 Å². The maximum atomic E-state index is 12.9. The molecule has 1 aromatic heterocycles. The van der Waals surface area contributed by atoms with Crippen LogP contribution in [0.1, 0.15) is 20.9 Å². The van der Waals surface area contributed by atoms with Crippen molar-refractivity contribution < 1.29 is 23.5 Å². The third-order valence-corrected chi connectivity index (χ3v) is 4.82. The van der Waals surface area contributed by atoms with E-state index in [0.717, 1.165) is 0 Å². The molecule has 4 rings (SSSR count). The van der Waals surface area contributed by atoms with Gasteiger partial charge in [-0.05, 0) is 52.3 Å². The second-order valence-corrected chi connectivity index (χ2v) is 7.08. The molecule has 29 heavy (non-hydrogen) atoms. The van der Waals surface area contributed by atoms with Gasteiger partial charge in [0.2, 0.25) is 0 Å². The molecule has 7 nitrogen and oxygen atoms in total.